The Bertz CT molecular complexity index is 724. The number of aromatic nitrogens is 1. The molecule has 2 fully saturated rings. The Morgan fingerprint density at radius 2 is 2.16 bits per heavy atom. The van der Waals surface area contributed by atoms with Crippen LogP contribution in [0.3, 0.4) is 0 Å². The summed E-state index contributed by atoms with van der Waals surface area (Å²) in [4.78, 5) is 21.9. The molecule has 2 aliphatic rings. The molecule has 1 aliphatic carbocycles. The highest BCUT2D eigenvalue weighted by atomic mass is 16.3. The van der Waals surface area contributed by atoms with Crippen molar-refractivity contribution in [3.05, 3.63) is 48.0 Å². The Morgan fingerprint density at radius 1 is 1.28 bits per heavy atom. The van der Waals surface area contributed by atoms with E-state index in [-0.39, 0.29) is 11.8 Å². The SMILES string of the molecule is Cc1ccc(CN(C(=O)C2CCCN(c3ccccn3)C2)C2CC2)o1. The van der Waals surface area contributed by atoms with Crippen molar-refractivity contribution in [2.24, 2.45) is 5.92 Å². The predicted octanol–water partition coefficient (Wildman–Crippen LogP) is 3.39. The van der Waals surface area contributed by atoms with Crippen LogP contribution in [0.1, 0.15) is 37.2 Å². The highest BCUT2D eigenvalue weighted by Crippen LogP contribution is 2.32. The van der Waals surface area contributed by atoms with Gasteiger partial charge in [-0.2, -0.15) is 0 Å². The summed E-state index contributed by atoms with van der Waals surface area (Å²) in [5.41, 5.74) is 0. The van der Waals surface area contributed by atoms with Crippen molar-refractivity contribution < 1.29 is 9.21 Å². The van der Waals surface area contributed by atoms with Crippen LogP contribution in [0.4, 0.5) is 5.82 Å². The molecule has 0 radical (unpaired) electrons. The van der Waals surface area contributed by atoms with Crippen LogP contribution in [0.15, 0.2) is 40.9 Å². The van der Waals surface area contributed by atoms with Gasteiger partial charge in [0.05, 0.1) is 12.5 Å². The fourth-order valence-corrected chi connectivity index (χ4v) is 3.67. The molecular weight excluding hydrogens is 314 g/mol. The Labute approximate surface area is 148 Å². The molecule has 1 unspecified atom stereocenters. The third-order valence-electron chi connectivity index (χ3n) is 5.14. The molecular formula is C20H25N3O2. The Morgan fingerprint density at radius 3 is 2.84 bits per heavy atom. The van der Waals surface area contributed by atoms with Crippen LogP contribution in [0.25, 0.3) is 0 Å². The van der Waals surface area contributed by atoms with E-state index in [0.717, 1.165) is 56.1 Å². The van der Waals surface area contributed by atoms with Crippen molar-refractivity contribution in [2.45, 2.75) is 45.2 Å². The third-order valence-corrected chi connectivity index (χ3v) is 5.14. The topological polar surface area (TPSA) is 49.6 Å². The third kappa shape index (κ3) is 3.70. The van der Waals surface area contributed by atoms with Crippen LogP contribution >= 0.6 is 0 Å². The van der Waals surface area contributed by atoms with Gasteiger partial charge < -0.3 is 14.2 Å². The highest BCUT2D eigenvalue weighted by molar-refractivity contribution is 5.80. The highest BCUT2D eigenvalue weighted by Gasteiger charge is 2.37. The zero-order chi connectivity index (χ0) is 17.2. The van der Waals surface area contributed by atoms with Crippen LogP contribution < -0.4 is 4.90 Å². The smallest absolute Gasteiger partial charge is 0.228 e. The molecule has 0 bridgehead atoms. The van der Waals surface area contributed by atoms with Crippen LogP contribution in [0, 0.1) is 12.8 Å². The molecule has 5 heteroatoms. The average molecular weight is 339 g/mol. The normalized spacial score (nSPS) is 20.5. The number of hydrogen-bond donors (Lipinski definition) is 0. The number of anilines is 1. The molecule has 132 valence electrons. The lowest BCUT2D eigenvalue weighted by molar-refractivity contribution is -0.137. The van der Waals surface area contributed by atoms with Crippen molar-refractivity contribution >= 4 is 11.7 Å². The summed E-state index contributed by atoms with van der Waals surface area (Å²) in [5.74, 6) is 3.08. The van der Waals surface area contributed by atoms with Crippen molar-refractivity contribution in [1.29, 1.82) is 0 Å². The number of hydrogen-bond acceptors (Lipinski definition) is 4. The molecule has 1 saturated carbocycles. The van der Waals surface area contributed by atoms with Crippen LogP contribution in [-0.4, -0.2) is 34.9 Å². The minimum Gasteiger partial charge on any atom is -0.464 e. The van der Waals surface area contributed by atoms with Crippen molar-refractivity contribution in [3.63, 3.8) is 0 Å². The first-order valence-electron chi connectivity index (χ1n) is 9.22. The number of furan rings is 1. The zero-order valence-corrected chi connectivity index (χ0v) is 14.7. The van der Waals surface area contributed by atoms with E-state index in [1.807, 2.05) is 48.4 Å². The van der Waals surface area contributed by atoms with Crippen LogP contribution in [-0.2, 0) is 11.3 Å². The van der Waals surface area contributed by atoms with Crippen LogP contribution in [0.2, 0.25) is 0 Å². The Hall–Kier alpha value is -2.30. The van der Waals surface area contributed by atoms with Gasteiger partial charge in [0.1, 0.15) is 17.3 Å². The van der Waals surface area contributed by atoms with Gasteiger partial charge in [-0.15, -0.1) is 0 Å². The van der Waals surface area contributed by atoms with Crippen molar-refractivity contribution in [1.82, 2.24) is 9.88 Å². The molecule has 1 atom stereocenters. The van der Waals surface area contributed by atoms with Gasteiger partial charge >= 0.3 is 0 Å². The Balaban J connectivity index is 1.46. The summed E-state index contributed by atoms with van der Waals surface area (Å²) in [5, 5.41) is 0. The van der Waals surface area contributed by atoms with E-state index < -0.39 is 0 Å². The van der Waals surface area contributed by atoms with Gasteiger partial charge in [-0.1, -0.05) is 6.07 Å². The largest absolute Gasteiger partial charge is 0.464 e. The van der Waals surface area contributed by atoms with Gasteiger partial charge in [0.25, 0.3) is 0 Å². The minimum absolute atomic E-state index is 0.0485. The predicted molar refractivity (Wildman–Crippen MR) is 96.2 cm³/mol. The number of nitrogens with zero attached hydrogens (tertiary/aromatic N) is 3. The lowest BCUT2D eigenvalue weighted by Crippen LogP contribution is -2.45. The molecule has 0 N–H and O–H groups in total. The molecule has 4 rings (SSSR count). The number of carbonyl (C=O) groups is 1. The molecule has 2 aromatic rings. The summed E-state index contributed by atoms with van der Waals surface area (Å²) in [6.45, 7) is 4.27. The maximum atomic E-state index is 13.2. The zero-order valence-electron chi connectivity index (χ0n) is 14.7. The first kappa shape index (κ1) is 16.2. The fourth-order valence-electron chi connectivity index (χ4n) is 3.67. The van der Waals surface area contributed by atoms with Gasteiger partial charge in [0.2, 0.25) is 5.91 Å². The molecule has 1 saturated heterocycles. The molecule has 5 nitrogen and oxygen atoms in total. The van der Waals surface area contributed by atoms with Gasteiger partial charge in [-0.3, -0.25) is 4.79 Å². The number of amides is 1. The van der Waals surface area contributed by atoms with E-state index in [4.69, 9.17) is 4.42 Å². The van der Waals surface area contributed by atoms with Gasteiger partial charge in [-0.05, 0) is 56.9 Å². The van der Waals surface area contributed by atoms with Gasteiger partial charge in [0, 0.05) is 25.3 Å². The first-order valence-corrected chi connectivity index (χ1v) is 9.22. The molecule has 25 heavy (non-hydrogen) atoms. The number of piperidine rings is 1. The summed E-state index contributed by atoms with van der Waals surface area (Å²) < 4.78 is 5.71. The molecule has 0 aromatic carbocycles. The second kappa shape index (κ2) is 6.90. The number of rotatable bonds is 5. The van der Waals surface area contributed by atoms with Crippen molar-refractivity contribution in [3.8, 4) is 0 Å². The fraction of sp³-hybridized carbons (Fsp3) is 0.500. The van der Waals surface area contributed by atoms with Crippen LogP contribution in [0.5, 0.6) is 0 Å². The average Bonchev–Trinajstić information content (AvgIpc) is 3.42. The molecule has 0 spiro atoms. The first-order chi connectivity index (χ1) is 12.2. The Kier molecular flexibility index (Phi) is 4.47. The van der Waals surface area contributed by atoms with Gasteiger partial charge in [-0.25, -0.2) is 4.98 Å². The number of carbonyl (C=O) groups excluding carboxylic acids is 1. The summed E-state index contributed by atoms with van der Waals surface area (Å²) >= 11 is 0. The number of aryl methyl sites for hydroxylation is 1. The minimum atomic E-state index is 0.0485. The lowest BCUT2D eigenvalue weighted by atomic mass is 9.96. The van der Waals surface area contributed by atoms with E-state index in [0.29, 0.717) is 12.6 Å². The maximum absolute atomic E-state index is 13.2. The second-order valence-corrected chi connectivity index (χ2v) is 7.18. The van der Waals surface area contributed by atoms with E-state index in [9.17, 15) is 4.79 Å². The lowest BCUT2D eigenvalue weighted by Gasteiger charge is -2.35. The quantitative estimate of drug-likeness (QED) is 0.838. The number of pyridine rings is 1. The van der Waals surface area contributed by atoms with E-state index in [2.05, 4.69) is 9.88 Å². The molecule has 2 aromatic heterocycles. The summed E-state index contributed by atoms with van der Waals surface area (Å²) in [6, 6.07) is 10.3. The second-order valence-electron chi connectivity index (χ2n) is 7.18. The van der Waals surface area contributed by atoms with E-state index in [1.54, 1.807) is 0 Å². The molecule has 3 heterocycles. The maximum Gasteiger partial charge on any atom is 0.228 e. The summed E-state index contributed by atoms with van der Waals surface area (Å²) in [6.07, 6.45) is 6.04. The molecule has 1 aliphatic heterocycles. The standard InChI is InChI=1S/C20H25N3O2/c1-15-7-10-18(25-15)14-23(17-8-9-17)20(24)16-5-4-12-22(13-16)19-6-2-3-11-21-19/h2-3,6-7,10-11,16-17H,4-5,8-9,12-14H2,1H3. The monoisotopic (exact) mass is 339 g/mol. The van der Waals surface area contributed by atoms with Gasteiger partial charge in [0.15, 0.2) is 0 Å². The van der Waals surface area contributed by atoms with E-state index in [1.165, 1.54) is 0 Å². The van der Waals surface area contributed by atoms with E-state index >= 15 is 0 Å². The molecule has 1 amide bonds. The van der Waals surface area contributed by atoms with Crippen molar-refractivity contribution in [2.75, 3.05) is 18.0 Å². The summed E-state index contributed by atoms with van der Waals surface area (Å²) in [7, 11) is 0.